The Morgan fingerprint density at radius 1 is 0.295 bits per heavy atom. The second-order valence-corrected chi connectivity index (χ2v) is 10.8. The average molecular weight is 582 g/mol. The Morgan fingerprint density at radius 2 is 0.545 bits per heavy atom. The van der Waals surface area contributed by atoms with Gasteiger partial charge in [0.05, 0.1) is 52.3 Å². The molecule has 44 heavy (non-hydrogen) atoms. The molecule has 4 aromatic heterocycles. The minimum Gasteiger partial charge on any atom is -0.340 e. The summed E-state index contributed by atoms with van der Waals surface area (Å²) in [6.07, 6.45) is 0. The van der Waals surface area contributed by atoms with Gasteiger partial charge in [-0.3, -0.25) is 0 Å². The quantitative estimate of drug-likeness (QED) is 0.151. The zero-order chi connectivity index (χ0) is 29.8. The maximum atomic E-state index is 14.0. The molecule has 0 spiro atoms. The fraction of sp³-hybridized carbons (Fsp3) is 0. The molecule has 7 aromatic rings. The lowest BCUT2D eigenvalue weighted by Crippen LogP contribution is -2.10. The van der Waals surface area contributed by atoms with Crippen molar-refractivity contribution in [1.82, 2.24) is 19.9 Å². The number of fused-ring (bicyclic) bond motifs is 9. The van der Waals surface area contributed by atoms with Crippen LogP contribution in [0.5, 0.6) is 0 Å². The number of rotatable bonds is 3. The highest BCUT2D eigenvalue weighted by molar-refractivity contribution is 5.65. The van der Waals surface area contributed by atoms with E-state index >= 15 is 0 Å². The molecule has 8 rings (SSSR count). The molecule has 0 amide bonds. The monoisotopic (exact) mass is 581 g/mol. The predicted octanol–water partition coefficient (Wildman–Crippen LogP) is 8.45. The summed E-state index contributed by atoms with van der Waals surface area (Å²) in [4.78, 5) is 14.3. The number of hydrogen-bond donors (Lipinski definition) is 4. The Kier molecular flexibility index (Phi) is 5.98. The van der Waals surface area contributed by atoms with E-state index in [-0.39, 0.29) is 17.5 Å². The molecule has 4 nitrogen and oxygen atoms in total. The lowest BCUT2D eigenvalue weighted by molar-refractivity contribution is 0.627. The van der Waals surface area contributed by atoms with Crippen molar-refractivity contribution in [2.75, 3.05) is 0 Å². The Balaban J connectivity index is 1.37. The van der Waals surface area contributed by atoms with Crippen LogP contribution in [0.2, 0.25) is 0 Å². The standard InChI is InChI=1S/C37H24F3N4/c38-24-7-1-21(2-8-24)35-29-15-13-27(41-29)28-14-16-30(42-28)36(22-3-9-25(39)10-4-22)32-18-20-34(44-32)37(33-19-17-31(35)43-33)23-5-11-26(40)12-6-23/h1-20,41-44H/q+3. The van der Waals surface area contributed by atoms with Gasteiger partial charge in [0.15, 0.2) is 0 Å². The predicted molar refractivity (Wildman–Crippen MR) is 163 cm³/mol. The molecule has 0 saturated heterocycles. The number of aromatic amines is 4. The van der Waals surface area contributed by atoms with Crippen molar-refractivity contribution in [3.8, 4) is 11.4 Å². The highest BCUT2D eigenvalue weighted by Crippen LogP contribution is 2.38. The minimum absolute atomic E-state index is 0.313. The van der Waals surface area contributed by atoms with Crippen molar-refractivity contribution in [3.05, 3.63) is 207 Å². The van der Waals surface area contributed by atoms with Gasteiger partial charge in [-0.1, -0.05) is 0 Å². The first-order valence-corrected chi connectivity index (χ1v) is 14.2. The molecule has 0 aliphatic carbocycles. The molecular weight excluding hydrogens is 557 g/mol. The fourth-order valence-corrected chi connectivity index (χ4v) is 5.99. The van der Waals surface area contributed by atoms with Gasteiger partial charge in [0, 0.05) is 84.9 Å². The molecular formula is C37H24F3N4+3. The maximum absolute atomic E-state index is 14.0. The third-order valence-corrected chi connectivity index (χ3v) is 8.05. The van der Waals surface area contributed by atoms with Crippen LogP contribution < -0.4 is 0 Å². The Hall–Kier alpha value is -5.82. The van der Waals surface area contributed by atoms with Crippen LogP contribution in [-0.4, -0.2) is 19.9 Å². The van der Waals surface area contributed by atoms with Crippen LogP contribution in [0, 0.1) is 35.2 Å². The molecule has 7 heteroatoms. The number of nitrogens with one attached hydrogen (secondary N) is 4. The van der Waals surface area contributed by atoms with Crippen LogP contribution in [-0.2, 0) is 0 Å². The third kappa shape index (κ3) is 4.46. The molecule has 0 unspecified atom stereocenters. The number of aromatic nitrogens is 4. The molecule has 210 valence electrons. The van der Waals surface area contributed by atoms with E-state index in [0.717, 1.165) is 80.0 Å². The minimum atomic E-state index is -0.324. The van der Waals surface area contributed by atoms with Crippen molar-refractivity contribution < 1.29 is 13.2 Å². The first kappa shape index (κ1) is 25.9. The van der Waals surface area contributed by atoms with E-state index in [1.807, 2.05) is 48.5 Å². The second-order valence-electron chi connectivity index (χ2n) is 10.8. The van der Waals surface area contributed by atoms with Crippen LogP contribution in [0.4, 0.5) is 13.2 Å². The lowest BCUT2D eigenvalue weighted by atomic mass is 9.92. The van der Waals surface area contributed by atoms with Crippen LogP contribution in [0.1, 0.15) is 50.9 Å². The van der Waals surface area contributed by atoms with Gasteiger partial charge in [0.2, 0.25) is 0 Å². The van der Waals surface area contributed by atoms with E-state index in [0.29, 0.717) is 0 Å². The molecule has 8 bridgehead atoms. The van der Waals surface area contributed by atoms with E-state index in [2.05, 4.69) is 19.9 Å². The summed E-state index contributed by atoms with van der Waals surface area (Å²) in [5, 5.41) is 0. The molecule has 1 aliphatic rings. The molecule has 0 radical (unpaired) electrons. The van der Waals surface area contributed by atoms with Gasteiger partial charge in [-0.05, 0) is 12.1 Å². The Labute approximate surface area is 251 Å². The smallest absolute Gasteiger partial charge is 0.138 e. The van der Waals surface area contributed by atoms with Crippen LogP contribution in [0.15, 0.2) is 121 Å². The molecule has 3 aromatic carbocycles. The summed E-state index contributed by atoms with van der Waals surface area (Å²) in [7, 11) is 0. The highest BCUT2D eigenvalue weighted by Gasteiger charge is 2.35. The SMILES string of the molecule is Fc1ccc([C+]2c3ccc([nH]3)-c3ccc([nH]3)[C+](c3ccc(F)cc3)c3ccc([nH]3)[C+](c3ccc(F)cc3)c3ccc2[nH]3)cc1. The second kappa shape index (κ2) is 10.2. The van der Waals surface area contributed by atoms with Gasteiger partial charge < -0.3 is 19.9 Å². The summed E-state index contributed by atoms with van der Waals surface area (Å²) >= 11 is 0. The largest absolute Gasteiger partial charge is 0.340 e. The molecule has 0 fully saturated rings. The molecule has 0 saturated carbocycles. The summed E-state index contributed by atoms with van der Waals surface area (Å²) < 4.78 is 42.0. The molecule has 0 atom stereocenters. The van der Waals surface area contributed by atoms with Gasteiger partial charge in [-0.15, -0.1) is 0 Å². The summed E-state index contributed by atoms with van der Waals surface area (Å²) in [6, 6.07) is 35.2. The first-order valence-electron chi connectivity index (χ1n) is 14.2. The molecule has 1 aliphatic heterocycles. The lowest BCUT2D eigenvalue weighted by Gasteiger charge is -2.12. The highest BCUT2D eigenvalue weighted by atomic mass is 19.1. The summed E-state index contributed by atoms with van der Waals surface area (Å²) in [6.45, 7) is 0. The van der Waals surface area contributed by atoms with Gasteiger partial charge >= 0.3 is 0 Å². The van der Waals surface area contributed by atoms with E-state index < -0.39 is 0 Å². The van der Waals surface area contributed by atoms with Crippen molar-refractivity contribution in [3.63, 3.8) is 0 Å². The van der Waals surface area contributed by atoms with Gasteiger partial charge in [0.1, 0.15) is 69.4 Å². The normalized spacial score (nSPS) is 12.8. The summed E-state index contributed by atoms with van der Waals surface area (Å²) in [5.41, 5.74) is 9.19. The van der Waals surface area contributed by atoms with Crippen molar-refractivity contribution in [2.24, 2.45) is 0 Å². The molecule has 5 heterocycles. The Bertz CT molecular complexity index is 1930. The van der Waals surface area contributed by atoms with Crippen LogP contribution >= 0.6 is 0 Å². The fourth-order valence-electron chi connectivity index (χ4n) is 5.99. The number of halogens is 3. The van der Waals surface area contributed by atoms with Gasteiger partial charge in [0.25, 0.3) is 0 Å². The number of hydrogen-bond acceptors (Lipinski definition) is 0. The first-order chi connectivity index (χ1) is 21.5. The summed E-state index contributed by atoms with van der Waals surface area (Å²) in [5.74, 6) is 1.63. The van der Waals surface area contributed by atoms with Crippen LogP contribution in [0.25, 0.3) is 11.4 Å². The van der Waals surface area contributed by atoms with E-state index in [1.165, 1.54) is 36.4 Å². The van der Waals surface area contributed by atoms with Gasteiger partial charge in [-0.2, -0.15) is 0 Å². The maximum Gasteiger partial charge on any atom is 0.138 e. The van der Waals surface area contributed by atoms with E-state index in [4.69, 9.17) is 0 Å². The Morgan fingerprint density at radius 3 is 0.841 bits per heavy atom. The number of benzene rings is 3. The van der Waals surface area contributed by atoms with E-state index in [9.17, 15) is 13.2 Å². The van der Waals surface area contributed by atoms with Crippen LogP contribution in [0.3, 0.4) is 0 Å². The average Bonchev–Trinajstić information content (AvgIpc) is 3.85. The van der Waals surface area contributed by atoms with Crippen molar-refractivity contribution in [1.29, 1.82) is 0 Å². The van der Waals surface area contributed by atoms with Gasteiger partial charge in [-0.25, -0.2) is 13.2 Å². The topological polar surface area (TPSA) is 63.2 Å². The number of H-pyrrole nitrogens is 4. The van der Waals surface area contributed by atoms with Crippen molar-refractivity contribution in [2.45, 2.75) is 0 Å². The van der Waals surface area contributed by atoms with Crippen molar-refractivity contribution >= 4 is 0 Å². The molecule has 4 N–H and O–H groups in total. The third-order valence-electron chi connectivity index (χ3n) is 8.05. The zero-order valence-corrected chi connectivity index (χ0v) is 23.2. The zero-order valence-electron chi connectivity index (χ0n) is 23.2. The van der Waals surface area contributed by atoms with E-state index in [1.54, 1.807) is 36.4 Å².